The normalized spacial score (nSPS) is 10.5. The molecule has 0 saturated carbocycles. The molecule has 0 aliphatic rings. The minimum absolute atomic E-state index is 0.177. The largest absolute Gasteiger partial charge is 0.497 e. The number of methoxy groups -OCH3 is 1. The molecular formula is C16H18FNO. The van der Waals surface area contributed by atoms with E-state index in [0.717, 1.165) is 22.4 Å². The molecule has 0 bridgehead atoms. The molecule has 0 heterocycles. The molecule has 0 saturated heterocycles. The number of halogens is 1. The summed E-state index contributed by atoms with van der Waals surface area (Å²) in [6.07, 6.45) is 0. The van der Waals surface area contributed by atoms with Gasteiger partial charge in [0.2, 0.25) is 0 Å². The van der Waals surface area contributed by atoms with Crippen molar-refractivity contribution in [3.8, 4) is 16.9 Å². The first-order valence-electron chi connectivity index (χ1n) is 6.24. The van der Waals surface area contributed by atoms with Crippen LogP contribution in [0.25, 0.3) is 11.1 Å². The van der Waals surface area contributed by atoms with E-state index in [-0.39, 0.29) is 5.82 Å². The summed E-state index contributed by atoms with van der Waals surface area (Å²) in [5.41, 5.74) is 3.72. The summed E-state index contributed by atoms with van der Waals surface area (Å²) in [6.45, 7) is 2.51. The van der Waals surface area contributed by atoms with Gasteiger partial charge < -0.3 is 10.1 Å². The molecule has 0 spiro atoms. The summed E-state index contributed by atoms with van der Waals surface area (Å²) in [7, 11) is 3.54. The van der Waals surface area contributed by atoms with E-state index < -0.39 is 0 Å². The Hall–Kier alpha value is -1.87. The first-order valence-corrected chi connectivity index (χ1v) is 6.24. The summed E-state index contributed by atoms with van der Waals surface area (Å²) >= 11 is 0. The average molecular weight is 259 g/mol. The molecule has 19 heavy (non-hydrogen) atoms. The van der Waals surface area contributed by atoms with Crippen molar-refractivity contribution in [3.05, 3.63) is 53.3 Å². The first kappa shape index (κ1) is 13.6. The lowest BCUT2D eigenvalue weighted by Gasteiger charge is -2.14. The van der Waals surface area contributed by atoms with E-state index in [1.807, 2.05) is 31.3 Å². The third kappa shape index (κ3) is 2.76. The highest BCUT2D eigenvalue weighted by atomic mass is 19.1. The highest BCUT2D eigenvalue weighted by Crippen LogP contribution is 2.30. The smallest absolute Gasteiger partial charge is 0.126 e. The molecule has 3 heteroatoms. The predicted octanol–water partition coefficient (Wildman–Crippen LogP) is 3.53. The van der Waals surface area contributed by atoms with E-state index in [0.29, 0.717) is 12.1 Å². The van der Waals surface area contributed by atoms with Crippen molar-refractivity contribution < 1.29 is 9.13 Å². The standard InChI is InChI=1S/C16H18FNO/c1-11-14(5-4-6-16(11)17)15-8-7-13(19-3)9-12(15)10-18-2/h4-9,18H,10H2,1-3H3. The van der Waals surface area contributed by atoms with Gasteiger partial charge in [0.15, 0.2) is 0 Å². The molecule has 0 amide bonds. The number of hydrogen-bond donors (Lipinski definition) is 1. The SMILES string of the molecule is CNCc1cc(OC)ccc1-c1cccc(F)c1C. The fourth-order valence-electron chi connectivity index (χ4n) is 2.20. The van der Waals surface area contributed by atoms with Crippen LogP contribution < -0.4 is 10.1 Å². The van der Waals surface area contributed by atoms with Crippen molar-refractivity contribution in [2.75, 3.05) is 14.2 Å². The van der Waals surface area contributed by atoms with Crippen molar-refractivity contribution in [1.29, 1.82) is 0 Å². The predicted molar refractivity (Wildman–Crippen MR) is 75.9 cm³/mol. The van der Waals surface area contributed by atoms with E-state index in [9.17, 15) is 4.39 Å². The lowest BCUT2D eigenvalue weighted by molar-refractivity contribution is 0.414. The Balaban J connectivity index is 2.57. The van der Waals surface area contributed by atoms with Crippen LogP contribution in [-0.2, 0) is 6.54 Å². The van der Waals surface area contributed by atoms with E-state index in [4.69, 9.17) is 4.74 Å². The van der Waals surface area contributed by atoms with Gasteiger partial charge in [0.25, 0.3) is 0 Å². The van der Waals surface area contributed by atoms with Crippen LogP contribution in [0.1, 0.15) is 11.1 Å². The van der Waals surface area contributed by atoms with Crippen LogP contribution in [0.4, 0.5) is 4.39 Å². The topological polar surface area (TPSA) is 21.3 Å². The van der Waals surface area contributed by atoms with Gasteiger partial charge in [-0.3, -0.25) is 0 Å². The molecule has 0 atom stereocenters. The molecule has 0 fully saturated rings. The molecule has 0 aliphatic carbocycles. The Morgan fingerprint density at radius 1 is 1.16 bits per heavy atom. The van der Waals surface area contributed by atoms with Gasteiger partial charge in [0.1, 0.15) is 11.6 Å². The number of ether oxygens (including phenoxy) is 1. The van der Waals surface area contributed by atoms with Gasteiger partial charge in [0.05, 0.1) is 7.11 Å². The van der Waals surface area contributed by atoms with E-state index in [1.165, 1.54) is 6.07 Å². The van der Waals surface area contributed by atoms with Crippen molar-refractivity contribution in [2.24, 2.45) is 0 Å². The number of benzene rings is 2. The Morgan fingerprint density at radius 2 is 1.95 bits per heavy atom. The monoisotopic (exact) mass is 259 g/mol. The van der Waals surface area contributed by atoms with Gasteiger partial charge in [-0.25, -0.2) is 4.39 Å². The third-order valence-electron chi connectivity index (χ3n) is 3.24. The minimum Gasteiger partial charge on any atom is -0.497 e. The van der Waals surface area contributed by atoms with Crippen molar-refractivity contribution in [2.45, 2.75) is 13.5 Å². The van der Waals surface area contributed by atoms with Crippen LogP contribution in [0.3, 0.4) is 0 Å². The van der Waals surface area contributed by atoms with E-state index in [2.05, 4.69) is 5.32 Å². The molecule has 2 aromatic carbocycles. The van der Waals surface area contributed by atoms with Crippen molar-refractivity contribution in [3.63, 3.8) is 0 Å². The third-order valence-corrected chi connectivity index (χ3v) is 3.24. The Bertz CT molecular complexity index is 581. The average Bonchev–Trinajstić information content (AvgIpc) is 2.42. The van der Waals surface area contributed by atoms with Crippen LogP contribution in [0.2, 0.25) is 0 Å². The number of nitrogens with one attached hydrogen (secondary N) is 1. The van der Waals surface area contributed by atoms with Gasteiger partial charge >= 0.3 is 0 Å². The van der Waals surface area contributed by atoms with Crippen LogP contribution in [0.15, 0.2) is 36.4 Å². The van der Waals surface area contributed by atoms with Gasteiger partial charge in [-0.2, -0.15) is 0 Å². The maximum absolute atomic E-state index is 13.7. The van der Waals surface area contributed by atoms with Crippen molar-refractivity contribution >= 4 is 0 Å². The Kier molecular flexibility index (Phi) is 4.17. The summed E-state index contributed by atoms with van der Waals surface area (Å²) < 4.78 is 18.9. The zero-order valence-electron chi connectivity index (χ0n) is 11.5. The lowest BCUT2D eigenvalue weighted by atomic mass is 9.95. The van der Waals surface area contributed by atoms with Gasteiger partial charge in [-0.05, 0) is 54.4 Å². The molecule has 0 aliphatic heterocycles. The highest BCUT2D eigenvalue weighted by Gasteiger charge is 2.10. The first-order chi connectivity index (χ1) is 9.17. The molecule has 0 unspecified atom stereocenters. The lowest BCUT2D eigenvalue weighted by Crippen LogP contribution is -2.07. The van der Waals surface area contributed by atoms with Crippen LogP contribution >= 0.6 is 0 Å². The minimum atomic E-state index is -0.177. The number of rotatable bonds is 4. The van der Waals surface area contributed by atoms with Crippen LogP contribution in [-0.4, -0.2) is 14.2 Å². The fraction of sp³-hybridized carbons (Fsp3) is 0.250. The fourth-order valence-corrected chi connectivity index (χ4v) is 2.20. The van der Waals surface area contributed by atoms with Gasteiger partial charge in [-0.15, -0.1) is 0 Å². The van der Waals surface area contributed by atoms with Crippen molar-refractivity contribution in [1.82, 2.24) is 5.32 Å². The molecule has 2 rings (SSSR count). The summed E-state index contributed by atoms with van der Waals surface area (Å²) in [5, 5.41) is 3.13. The second-order valence-corrected chi connectivity index (χ2v) is 4.47. The molecule has 100 valence electrons. The summed E-state index contributed by atoms with van der Waals surface area (Å²) in [6, 6.07) is 11.0. The Labute approximate surface area is 113 Å². The second-order valence-electron chi connectivity index (χ2n) is 4.47. The Morgan fingerprint density at radius 3 is 2.63 bits per heavy atom. The molecule has 1 N–H and O–H groups in total. The zero-order valence-corrected chi connectivity index (χ0v) is 11.5. The number of hydrogen-bond acceptors (Lipinski definition) is 2. The van der Waals surface area contributed by atoms with Gasteiger partial charge in [0, 0.05) is 6.54 Å². The molecule has 2 nitrogen and oxygen atoms in total. The maximum Gasteiger partial charge on any atom is 0.126 e. The molecular weight excluding hydrogens is 241 g/mol. The highest BCUT2D eigenvalue weighted by molar-refractivity contribution is 5.71. The maximum atomic E-state index is 13.7. The molecule has 0 radical (unpaired) electrons. The van der Waals surface area contributed by atoms with Crippen LogP contribution in [0, 0.1) is 12.7 Å². The zero-order chi connectivity index (χ0) is 13.8. The van der Waals surface area contributed by atoms with Crippen LogP contribution in [0.5, 0.6) is 5.75 Å². The summed E-state index contributed by atoms with van der Waals surface area (Å²) in [5.74, 6) is 0.631. The molecule has 0 aromatic heterocycles. The molecule has 2 aromatic rings. The quantitative estimate of drug-likeness (QED) is 0.907. The van der Waals surface area contributed by atoms with E-state index >= 15 is 0 Å². The van der Waals surface area contributed by atoms with Gasteiger partial charge in [-0.1, -0.05) is 18.2 Å². The second kappa shape index (κ2) is 5.85. The van der Waals surface area contributed by atoms with E-state index in [1.54, 1.807) is 20.1 Å². The summed E-state index contributed by atoms with van der Waals surface area (Å²) in [4.78, 5) is 0.